The van der Waals surface area contributed by atoms with E-state index in [0.29, 0.717) is 6.54 Å². The average Bonchev–Trinajstić information content (AvgIpc) is 2.43. The molecule has 0 aromatic carbocycles. The topological polar surface area (TPSA) is 37.0 Å². The normalized spacial score (nSPS) is 11.5. The average molecular weight is 289 g/mol. The summed E-state index contributed by atoms with van der Waals surface area (Å²) in [6, 6.07) is 0.847. The van der Waals surface area contributed by atoms with E-state index >= 15 is 0 Å². The Kier molecular flexibility index (Phi) is 5.85. The van der Waals surface area contributed by atoms with E-state index in [1.54, 1.807) is 18.8 Å². The van der Waals surface area contributed by atoms with E-state index in [9.17, 15) is 8.78 Å². The van der Waals surface area contributed by atoms with Crippen molar-refractivity contribution in [3.8, 4) is 0 Å². The molecule has 19 heavy (non-hydrogen) atoms. The summed E-state index contributed by atoms with van der Waals surface area (Å²) in [6.07, 6.45) is 3.99. The van der Waals surface area contributed by atoms with Gasteiger partial charge >= 0.3 is 0 Å². The zero-order chi connectivity index (χ0) is 14.5. The minimum atomic E-state index is -0.687. The first-order valence-corrected chi connectivity index (χ1v) is 7.57. The Balaban J connectivity index is 2.88. The Bertz CT molecular complexity index is 414. The molecule has 3 nitrogen and oxygen atoms in total. The summed E-state index contributed by atoms with van der Waals surface area (Å²) in [6.45, 7) is 4.81. The van der Waals surface area contributed by atoms with Crippen LogP contribution in [0.15, 0.2) is 6.07 Å². The van der Waals surface area contributed by atoms with Gasteiger partial charge in [0.05, 0.1) is 0 Å². The van der Waals surface area contributed by atoms with Crippen molar-refractivity contribution in [3.05, 3.63) is 17.7 Å². The van der Waals surface area contributed by atoms with Crippen molar-refractivity contribution >= 4 is 23.4 Å². The van der Waals surface area contributed by atoms with Gasteiger partial charge in [0.25, 0.3) is 0 Å². The van der Waals surface area contributed by atoms with E-state index in [2.05, 4.69) is 29.5 Å². The standard InChI is InChI=1S/C13H21F2N3S/c1-5-13(6-2,19-4)8-17-12-10(15)7-9(14)11(16-3)18-12/h7H,5-6,8H2,1-4H3,(H2,16,17,18). The highest BCUT2D eigenvalue weighted by Crippen LogP contribution is 2.31. The first kappa shape index (κ1) is 16.0. The molecule has 108 valence electrons. The van der Waals surface area contributed by atoms with Crippen LogP contribution in [0.3, 0.4) is 0 Å². The van der Waals surface area contributed by atoms with Crippen LogP contribution < -0.4 is 10.6 Å². The van der Waals surface area contributed by atoms with E-state index in [-0.39, 0.29) is 16.4 Å². The predicted molar refractivity (Wildman–Crippen MR) is 79.0 cm³/mol. The van der Waals surface area contributed by atoms with Gasteiger partial charge in [0.2, 0.25) is 0 Å². The Morgan fingerprint density at radius 2 is 1.79 bits per heavy atom. The van der Waals surface area contributed by atoms with Gasteiger partial charge in [-0.1, -0.05) is 13.8 Å². The second kappa shape index (κ2) is 6.93. The quantitative estimate of drug-likeness (QED) is 0.802. The molecule has 0 aliphatic rings. The van der Waals surface area contributed by atoms with Crippen molar-refractivity contribution in [3.63, 3.8) is 0 Å². The fraction of sp³-hybridized carbons (Fsp3) is 0.615. The molecule has 0 saturated heterocycles. The van der Waals surface area contributed by atoms with Crippen LogP contribution in [0.2, 0.25) is 0 Å². The molecule has 2 N–H and O–H groups in total. The number of nitrogens with one attached hydrogen (secondary N) is 2. The van der Waals surface area contributed by atoms with Crippen molar-refractivity contribution < 1.29 is 8.78 Å². The molecule has 0 unspecified atom stereocenters. The molecular weight excluding hydrogens is 268 g/mol. The molecule has 0 bridgehead atoms. The van der Waals surface area contributed by atoms with Gasteiger partial charge in [-0.3, -0.25) is 0 Å². The van der Waals surface area contributed by atoms with Gasteiger partial charge in [-0.2, -0.15) is 11.8 Å². The van der Waals surface area contributed by atoms with Crippen LogP contribution >= 0.6 is 11.8 Å². The molecule has 0 radical (unpaired) electrons. The number of hydrogen-bond acceptors (Lipinski definition) is 4. The van der Waals surface area contributed by atoms with E-state index in [1.165, 1.54) is 0 Å². The first-order chi connectivity index (χ1) is 9.01. The molecule has 0 amide bonds. The van der Waals surface area contributed by atoms with Gasteiger partial charge in [0.15, 0.2) is 23.3 Å². The van der Waals surface area contributed by atoms with E-state index < -0.39 is 11.6 Å². The van der Waals surface area contributed by atoms with Crippen LogP contribution in [0.4, 0.5) is 20.4 Å². The number of aromatic nitrogens is 1. The molecule has 0 atom stereocenters. The largest absolute Gasteiger partial charge is 0.371 e. The highest BCUT2D eigenvalue weighted by Gasteiger charge is 2.25. The maximum absolute atomic E-state index is 13.7. The summed E-state index contributed by atoms with van der Waals surface area (Å²) in [5.74, 6) is -1.22. The molecule has 0 aliphatic carbocycles. The lowest BCUT2D eigenvalue weighted by molar-refractivity contribution is 0.560. The fourth-order valence-corrected chi connectivity index (χ4v) is 2.67. The van der Waals surface area contributed by atoms with Crippen LogP contribution in [-0.4, -0.2) is 29.6 Å². The third kappa shape index (κ3) is 3.72. The lowest BCUT2D eigenvalue weighted by atomic mass is 10.0. The number of hydrogen-bond donors (Lipinski definition) is 2. The van der Waals surface area contributed by atoms with Crippen molar-refractivity contribution in [2.24, 2.45) is 0 Å². The van der Waals surface area contributed by atoms with Crippen molar-refractivity contribution in [1.29, 1.82) is 0 Å². The van der Waals surface area contributed by atoms with Gasteiger partial charge in [-0.15, -0.1) is 0 Å². The number of nitrogens with zero attached hydrogens (tertiary/aromatic N) is 1. The summed E-state index contributed by atoms with van der Waals surface area (Å²) in [5, 5.41) is 5.60. The highest BCUT2D eigenvalue weighted by molar-refractivity contribution is 8.00. The van der Waals surface area contributed by atoms with Gasteiger partial charge in [0, 0.05) is 24.4 Å². The second-order valence-electron chi connectivity index (χ2n) is 4.35. The van der Waals surface area contributed by atoms with Gasteiger partial charge in [-0.05, 0) is 19.1 Å². The van der Waals surface area contributed by atoms with Crippen LogP contribution in [0.5, 0.6) is 0 Å². The van der Waals surface area contributed by atoms with Crippen molar-refractivity contribution in [2.45, 2.75) is 31.4 Å². The Morgan fingerprint density at radius 3 is 2.26 bits per heavy atom. The number of thioether (sulfide) groups is 1. The van der Waals surface area contributed by atoms with E-state index in [4.69, 9.17) is 0 Å². The van der Waals surface area contributed by atoms with E-state index in [1.807, 2.05) is 6.26 Å². The van der Waals surface area contributed by atoms with Gasteiger partial charge in [-0.25, -0.2) is 13.8 Å². The SMILES string of the molecule is CCC(CC)(CNc1nc(NC)c(F)cc1F)SC. The van der Waals surface area contributed by atoms with Gasteiger partial charge in [0.1, 0.15) is 0 Å². The molecule has 6 heteroatoms. The number of pyridine rings is 1. The first-order valence-electron chi connectivity index (χ1n) is 6.34. The molecule has 0 saturated carbocycles. The second-order valence-corrected chi connectivity index (χ2v) is 5.62. The Hall–Kier alpha value is -1.04. The summed E-state index contributed by atoms with van der Waals surface area (Å²) in [5.41, 5.74) is 0. The smallest absolute Gasteiger partial charge is 0.168 e. The van der Waals surface area contributed by atoms with Crippen LogP contribution in [0.25, 0.3) is 0 Å². The predicted octanol–water partition coefficient (Wildman–Crippen LogP) is 3.74. The lowest BCUT2D eigenvalue weighted by Gasteiger charge is -2.30. The van der Waals surface area contributed by atoms with E-state index in [0.717, 1.165) is 18.9 Å². The third-order valence-corrected chi connectivity index (χ3v) is 5.05. The molecule has 1 aromatic rings. The summed E-state index contributed by atoms with van der Waals surface area (Å²) >= 11 is 1.75. The molecule has 1 rings (SSSR count). The summed E-state index contributed by atoms with van der Waals surface area (Å²) in [4.78, 5) is 3.91. The fourth-order valence-electron chi connectivity index (χ4n) is 1.87. The molecule has 1 aromatic heterocycles. The zero-order valence-electron chi connectivity index (χ0n) is 11.8. The minimum absolute atomic E-state index is 0.0440. The van der Waals surface area contributed by atoms with Crippen LogP contribution in [0.1, 0.15) is 26.7 Å². The molecule has 1 heterocycles. The Labute approximate surface area is 117 Å². The van der Waals surface area contributed by atoms with Gasteiger partial charge < -0.3 is 10.6 Å². The number of halogens is 2. The van der Waals surface area contributed by atoms with Crippen LogP contribution in [-0.2, 0) is 0 Å². The maximum Gasteiger partial charge on any atom is 0.168 e. The van der Waals surface area contributed by atoms with Crippen molar-refractivity contribution in [1.82, 2.24) is 4.98 Å². The van der Waals surface area contributed by atoms with Crippen molar-refractivity contribution in [2.75, 3.05) is 30.5 Å². The summed E-state index contributed by atoms with van der Waals surface area (Å²) in [7, 11) is 1.55. The monoisotopic (exact) mass is 289 g/mol. The lowest BCUT2D eigenvalue weighted by Crippen LogP contribution is -2.32. The number of rotatable bonds is 7. The third-order valence-electron chi connectivity index (χ3n) is 3.47. The number of anilines is 2. The molecule has 0 fully saturated rings. The molecule has 0 aliphatic heterocycles. The highest BCUT2D eigenvalue weighted by atomic mass is 32.2. The maximum atomic E-state index is 13.7. The minimum Gasteiger partial charge on any atom is -0.371 e. The zero-order valence-corrected chi connectivity index (χ0v) is 12.6. The Morgan fingerprint density at radius 1 is 1.21 bits per heavy atom. The molecular formula is C13H21F2N3S. The summed E-state index contributed by atoms with van der Waals surface area (Å²) < 4.78 is 27.0. The molecule has 0 spiro atoms. The van der Waals surface area contributed by atoms with Crippen LogP contribution in [0, 0.1) is 11.6 Å².